The summed E-state index contributed by atoms with van der Waals surface area (Å²) in [5, 5.41) is 14.1. The zero-order valence-electron chi connectivity index (χ0n) is 17.6. The molecule has 0 spiro atoms. The molecule has 2 N–H and O–H groups in total. The van der Waals surface area contributed by atoms with Gasteiger partial charge in [0.25, 0.3) is 5.91 Å². The van der Waals surface area contributed by atoms with Gasteiger partial charge in [0.1, 0.15) is 6.04 Å². The van der Waals surface area contributed by atoms with Crippen LogP contribution in [0.15, 0.2) is 60.7 Å². The van der Waals surface area contributed by atoms with E-state index < -0.39 is 30.6 Å². The number of anilines is 2. The topological polar surface area (TPSA) is 112 Å². The van der Waals surface area contributed by atoms with Crippen LogP contribution < -0.4 is 15.5 Å². The van der Waals surface area contributed by atoms with Gasteiger partial charge >= 0.3 is 12.0 Å². The number of ether oxygens (including phenoxy) is 1. The highest BCUT2D eigenvalue weighted by Crippen LogP contribution is 2.14. The minimum absolute atomic E-state index is 0.143. The Morgan fingerprint density at radius 1 is 1.03 bits per heavy atom. The molecule has 8 nitrogen and oxygen atoms in total. The van der Waals surface area contributed by atoms with Gasteiger partial charge in [-0.15, -0.1) is 0 Å². The van der Waals surface area contributed by atoms with Crippen LogP contribution in [0.3, 0.4) is 0 Å². The molecular formula is C23H26N4O4. The average Bonchev–Trinajstić information content (AvgIpc) is 2.77. The first-order valence-corrected chi connectivity index (χ1v) is 9.94. The molecule has 0 saturated carbocycles. The highest BCUT2D eigenvalue weighted by Gasteiger charge is 2.27. The molecule has 0 radical (unpaired) electrons. The van der Waals surface area contributed by atoms with Crippen LogP contribution >= 0.6 is 0 Å². The summed E-state index contributed by atoms with van der Waals surface area (Å²) in [6, 6.07) is 18.2. The molecule has 0 aliphatic rings. The van der Waals surface area contributed by atoms with Gasteiger partial charge in [-0.2, -0.15) is 5.26 Å². The van der Waals surface area contributed by atoms with Crippen molar-refractivity contribution in [2.24, 2.45) is 5.92 Å². The van der Waals surface area contributed by atoms with Crippen molar-refractivity contribution in [1.82, 2.24) is 5.32 Å². The SMILES string of the molecule is CC(C)[C@@H](NC(=O)Nc1ccccc1)C(=O)OCC(=O)N(CCC#N)c1ccccc1. The van der Waals surface area contributed by atoms with Crippen molar-refractivity contribution in [2.45, 2.75) is 26.3 Å². The van der Waals surface area contributed by atoms with E-state index in [1.54, 1.807) is 62.4 Å². The molecule has 0 aliphatic carbocycles. The van der Waals surface area contributed by atoms with E-state index in [0.717, 1.165) is 0 Å². The maximum atomic E-state index is 12.6. The summed E-state index contributed by atoms with van der Waals surface area (Å²) in [6.07, 6.45) is 0.143. The molecule has 0 unspecified atom stereocenters. The smallest absolute Gasteiger partial charge is 0.329 e. The summed E-state index contributed by atoms with van der Waals surface area (Å²) in [6.45, 7) is 3.21. The number of nitrogens with zero attached hydrogens (tertiary/aromatic N) is 2. The van der Waals surface area contributed by atoms with Gasteiger partial charge in [-0.05, 0) is 30.2 Å². The molecule has 162 valence electrons. The Hall–Kier alpha value is -3.86. The van der Waals surface area contributed by atoms with Crippen LogP contribution in [0.2, 0.25) is 0 Å². The van der Waals surface area contributed by atoms with E-state index in [1.807, 2.05) is 18.2 Å². The Bertz CT molecular complexity index is 910. The maximum Gasteiger partial charge on any atom is 0.329 e. The van der Waals surface area contributed by atoms with Crippen LogP contribution in [-0.4, -0.2) is 37.1 Å². The van der Waals surface area contributed by atoms with Crippen molar-refractivity contribution in [3.63, 3.8) is 0 Å². The molecule has 0 aromatic heterocycles. The van der Waals surface area contributed by atoms with Gasteiger partial charge in [-0.3, -0.25) is 4.79 Å². The Morgan fingerprint density at radius 2 is 1.65 bits per heavy atom. The second-order valence-corrected chi connectivity index (χ2v) is 7.08. The fourth-order valence-electron chi connectivity index (χ4n) is 2.80. The molecule has 0 heterocycles. The molecule has 8 heteroatoms. The van der Waals surface area contributed by atoms with Crippen molar-refractivity contribution < 1.29 is 19.1 Å². The molecule has 0 saturated heterocycles. The lowest BCUT2D eigenvalue weighted by atomic mass is 10.1. The summed E-state index contributed by atoms with van der Waals surface area (Å²) in [7, 11) is 0. The number of nitriles is 1. The molecular weight excluding hydrogens is 396 g/mol. The van der Waals surface area contributed by atoms with Gasteiger partial charge in [-0.1, -0.05) is 50.2 Å². The fraction of sp³-hybridized carbons (Fsp3) is 0.304. The number of benzene rings is 2. The number of carbonyl (C=O) groups is 3. The summed E-state index contributed by atoms with van der Waals surface area (Å²) in [4.78, 5) is 38.9. The predicted molar refractivity (Wildman–Crippen MR) is 117 cm³/mol. The number of amides is 3. The molecule has 2 aromatic carbocycles. The van der Waals surface area contributed by atoms with Crippen LogP contribution in [-0.2, 0) is 14.3 Å². The first-order chi connectivity index (χ1) is 14.9. The van der Waals surface area contributed by atoms with Crippen LogP contribution in [0, 0.1) is 17.2 Å². The zero-order chi connectivity index (χ0) is 22.6. The number of hydrogen-bond donors (Lipinski definition) is 2. The molecule has 0 aliphatic heterocycles. The minimum atomic E-state index is -0.930. The van der Waals surface area contributed by atoms with Crippen LogP contribution in [0.1, 0.15) is 20.3 Å². The van der Waals surface area contributed by atoms with Gasteiger partial charge in [0.2, 0.25) is 0 Å². The molecule has 2 rings (SSSR count). The standard InChI is InChI=1S/C23H26N4O4/c1-17(2)21(26-23(30)25-18-10-5-3-6-11-18)22(29)31-16-20(28)27(15-9-14-24)19-12-7-4-8-13-19/h3-8,10-13,17,21H,9,15-16H2,1-2H3,(H2,25,26,30)/t21-/m1/s1. The molecule has 2 aromatic rings. The lowest BCUT2D eigenvalue weighted by molar-refractivity contribution is -0.150. The number of rotatable bonds is 9. The first-order valence-electron chi connectivity index (χ1n) is 9.94. The third-order valence-electron chi connectivity index (χ3n) is 4.39. The monoisotopic (exact) mass is 422 g/mol. The third kappa shape index (κ3) is 7.48. The Balaban J connectivity index is 1.97. The number of hydrogen-bond acceptors (Lipinski definition) is 5. The number of urea groups is 1. The molecule has 1 atom stereocenters. The predicted octanol–water partition coefficient (Wildman–Crippen LogP) is 3.32. The molecule has 0 fully saturated rings. The summed E-state index contributed by atoms with van der Waals surface area (Å²) in [5.41, 5.74) is 1.20. The Morgan fingerprint density at radius 3 is 2.23 bits per heavy atom. The highest BCUT2D eigenvalue weighted by molar-refractivity contribution is 5.96. The molecule has 3 amide bonds. The second kappa shape index (κ2) is 12.0. The van der Waals surface area contributed by atoms with Crippen LogP contribution in [0.25, 0.3) is 0 Å². The van der Waals surface area contributed by atoms with E-state index in [-0.39, 0.29) is 18.9 Å². The normalized spacial score (nSPS) is 11.2. The van der Waals surface area contributed by atoms with Gasteiger partial charge in [0.15, 0.2) is 6.61 Å². The van der Waals surface area contributed by atoms with Gasteiger partial charge in [0, 0.05) is 17.9 Å². The Labute approximate surface area is 181 Å². The minimum Gasteiger partial charge on any atom is -0.454 e. The number of carbonyl (C=O) groups excluding carboxylic acids is 3. The van der Waals surface area contributed by atoms with E-state index in [0.29, 0.717) is 11.4 Å². The second-order valence-electron chi connectivity index (χ2n) is 7.08. The van der Waals surface area contributed by atoms with E-state index >= 15 is 0 Å². The zero-order valence-corrected chi connectivity index (χ0v) is 17.6. The number of esters is 1. The Kier molecular flexibility index (Phi) is 9.05. The van der Waals surface area contributed by atoms with Gasteiger partial charge < -0.3 is 20.3 Å². The fourth-order valence-corrected chi connectivity index (χ4v) is 2.80. The summed E-state index contributed by atoms with van der Waals surface area (Å²) in [5.74, 6) is -1.42. The van der Waals surface area contributed by atoms with Crippen LogP contribution in [0.4, 0.5) is 16.2 Å². The first kappa shape index (κ1) is 23.4. The van der Waals surface area contributed by atoms with Crippen LogP contribution in [0.5, 0.6) is 0 Å². The van der Waals surface area contributed by atoms with Gasteiger partial charge in [-0.25, -0.2) is 9.59 Å². The lowest BCUT2D eigenvalue weighted by Crippen LogP contribution is -2.48. The molecule has 31 heavy (non-hydrogen) atoms. The average molecular weight is 422 g/mol. The summed E-state index contributed by atoms with van der Waals surface area (Å²) < 4.78 is 5.21. The number of nitrogens with one attached hydrogen (secondary N) is 2. The van der Waals surface area contributed by atoms with Crippen molar-refractivity contribution >= 4 is 29.3 Å². The number of para-hydroxylation sites is 2. The highest BCUT2D eigenvalue weighted by atomic mass is 16.5. The van der Waals surface area contributed by atoms with Crippen molar-refractivity contribution in [3.05, 3.63) is 60.7 Å². The van der Waals surface area contributed by atoms with Gasteiger partial charge in [0.05, 0.1) is 12.5 Å². The maximum absolute atomic E-state index is 12.6. The van der Waals surface area contributed by atoms with E-state index in [2.05, 4.69) is 10.6 Å². The van der Waals surface area contributed by atoms with Crippen molar-refractivity contribution in [3.8, 4) is 6.07 Å². The van der Waals surface area contributed by atoms with Crippen molar-refractivity contribution in [2.75, 3.05) is 23.4 Å². The van der Waals surface area contributed by atoms with Crippen molar-refractivity contribution in [1.29, 1.82) is 5.26 Å². The van der Waals surface area contributed by atoms with E-state index in [1.165, 1.54) is 4.90 Å². The van der Waals surface area contributed by atoms with E-state index in [4.69, 9.17) is 10.00 Å². The quantitative estimate of drug-likeness (QED) is 0.602. The van der Waals surface area contributed by atoms with E-state index in [9.17, 15) is 14.4 Å². The lowest BCUT2D eigenvalue weighted by Gasteiger charge is -2.24. The third-order valence-corrected chi connectivity index (χ3v) is 4.39. The largest absolute Gasteiger partial charge is 0.454 e. The summed E-state index contributed by atoms with van der Waals surface area (Å²) >= 11 is 0. The molecule has 0 bridgehead atoms.